The number of nitrogens with zero attached hydrogens (tertiary/aromatic N) is 5. The Morgan fingerprint density at radius 1 is 1.17 bits per heavy atom. The number of benzene rings is 1. The molecule has 35 heavy (non-hydrogen) atoms. The minimum Gasteiger partial charge on any atom is -0.405 e. The molecular formula is C22H24F3N7O3. The average Bonchev–Trinajstić information content (AvgIpc) is 3.36. The van der Waals surface area contributed by atoms with E-state index in [9.17, 15) is 23.3 Å². The molecule has 1 aromatic carbocycles. The van der Waals surface area contributed by atoms with Crippen molar-refractivity contribution in [2.75, 3.05) is 17.2 Å². The molecule has 0 bridgehead atoms. The zero-order valence-corrected chi connectivity index (χ0v) is 18.6. The number of rotatable bonds is 9. The van der Waals surface area contributed by atoms with Gasteiger partial charge in [0.2, 0.25) is 11.8 Å². The van der Waals surface area contributed by atoms with E-state index in [0.29, 0.717) is 18.5 Å². The van der Waals surface area contributed by atoms with Gasteiger partial charge in [0.1, 0.15) is 11.9 Å². The smallest absolute Gasteiger partial charge is 0.405 e. The van der Waals surface area contributed by atoms with E-state index in [1.54, 1.807) is 12.3 Å². The van der Waals surface area contributed by atoms with E-state index in [1.165, 1.54) is 18.2 Å². The average molecular weight is 491 g/mol. The maximum Gasteiger partial charge on any atom is 0.573 e. The van der Waals surface area contributed by atoms with Crippen LogP contribution >= 0.6 is 0 Å². The molecule has 0 saturated heterocycles. The molecule has 0 atom stereocenters. The second-order valence-corrected chi connectivity index (χ2v) is 8.26. The van der Waals surface area contributed by atoms with Crippen LogP contribution in [-0.4, -0.2) is 37.3 Å². The van der Waals surface area contributed by atoms with Crippen molar-refractivity contribution in [3.63, 3.8) is 0 Å². The number of ether oxygens (including phenoxy) is 1. The van der Waals surface area contributed by atoms with Crippen LogP contribution in [0.3, 0.4) is 0 Å². The maximum absolute atomic E-state index is 12.6. The van der Waals surface area contributed by atoms with E-state index < -0.39 is 11.3 Å². The van der Waals surface area contributed by atoms with Crippen molar-refractivity contribution in [2.45, 2.75) is 44.6 Å². The van der Waals surface area contributed by atoms with Crippen molar-refractivity contribution in [3.8, 4) is 5.75 Å². The Balaban J connectivity index is 1.38. The Morgan fingerprint density at radius 3 is 2.63 bits per heavy atom. The van der Waals surface area contributed by atoms with Gasteiger partial charge in [0.25, 0.3) is 0 Å². The Kier molecular flexibility index (Phi) is 7.32. The lowest BCUT2D eigenvalue weighted by molar-refractivity contribution is -0.384. The molecule has 0 amide bonds. The molecule has 2 aromatic heterocycles. The third kappa shape index (κ3) is 6.58. The largest absolute Gasteiger partial charge is 0.573 e. The molecule has 3 aromatic rings. The van der Waals surface area contributed by atoms with Gasteiger partial charge >= 0.3 is 12.0 Å². The molecule has 0 spiro atoms. The van der Waals surface area contributed by atoms with E-state index in [2.05, 4.69) is 34.9 Å². The summed E-state index contributed by atoms with van der Waals surface area (Å²) in [5.41, 5.74) is -0.0422. The SMILES string of the molecule is O=[N+]([O-])c1cnc(NCc2ccccc2OC(F)(F)F)nc1NCC1CCC(n2ccnc2)CC1. The van der Waals surface area contributed by atoms with Gasteiger partial charge in [0.05, 0.1) is 11.3 Å². The van der Waals surface area contributed by atoms with Gasteiger partial charge < -0.3 is 19.9 Å². The van der Waals surface area contributed by atoms with Crippen molar-refractivity contribution in [2.24, 2.45) is 5.92 Å². The van der Waals surface area contributed by atoms with Gasteiger partial charge in [-0.1, -0.05) is 18.2 Å². The molecule has 2 N–H and O–H groups in total. The first-order chi connectivity index (χ1) is 16.8. The Labute approximate surface area is 198 Å². The molecule has 10 nitrogen and oxygen atoms in total. The van der Waals surface area contributed by atoms with Crippen LogP contribution in [0.15, 0.2) is 49.2 Å². The van der Waals surface area contributed by atoms with Crippen molar-refractivity contribution in [3.05, 3.63) is 64.9 Å². The van der Waals surface area contributed by atoms with E-state index in [-0.39, 0.29) is 35.3 Å². The number of anilines is 2. The van der Waals surface area contributed by atoms with Crippen LogP contribution in [-0.2, 0) is 6.54 Å². The first-order valence-electron chi connectivity index (χ1n) is 11.1. The number of halogens is 3. The fourth-order valence-corrected chi connectivity index (χ4v) is 4.15. The molecule has 1 fully saturated rings. The minimum absolute atomic E-state index is 0.0451. The number of hydrogen-bond acceptors (Lipinski definition) is 8. The summed E-state index contributed by atoms with van der Waals surface area (Å²) in [4.78, 5) is 23.1. The summed E-state index contributed by atoms with van der Waals surface area (Å²) in [7, 11) is 0. The van der Waals surface area contributed by atoms with Crippen molar-refractivity contribution >= 4 is 17.5 Å². The number of nitrogens with one attached hydrogen (secondary N) is 2. The predicted octanol–water partition coefficient (Wildman–Crippen LogP) is 4.94. The molecule has 0 unspecified atom stereocenters. The number of imidazole rings is 1. The van der Waals surface area contributed by atoms with E-state index in [1.807, 2.05) is 12.5 Å². The van der Waals surface area contributed by atoms with Gasteiger partial charge in [-0.2, -0.15) is 4.98 Å². The normalized spacial score (nSPS) is 18.1. The second kappa shape index (κ2) is 10.6. The third-order valence-corrected chi connectivity index (χ3v) is 5.92. The van der Waals surface area contributed by atoms with Crippen molar-refractivity contribution in [1.82, 2.24) is 19.5 Å². The quantitative estimate of drug-likeness (QED) is 0.319. The number of para-hydroxylation sites is 1. The summed E-state index contributed by atoms with van der Waals surface area (Å²) in [5.74, 6) is 0.0824. The molecule has 1 aliphatic carbocycles. The molecule has 2 heterocycles. The lowest BCUT2D eigenvalue weighted by atomic mass is 9.86. The summed E-state index contributed by atoms with van der Waals surface area (Å²) < 4.78 is 44.1. The Morgan fingerprint density at radius 2 is 1.94 bits per heavy atom. The van der Waals surface area contributed by atoms with Gasteiger partial charge in [-0.25, -0.2) is 9.97 Å². The third-order valence-electron chi connectivity index (χ3n) is 5.92. The lowest BCUT2D eigenvalue weighted by Crippen LogP contribution is -2.23. The summed E-state index contributed by atoms with van der Waals surface area (Å²) in [6.45, 7) is 0.442. The Bertz CT molecular complexity index is 1130. The maximum atomic E-state index is 12.6. The highest BCUT2D eigenvalue weighted by Crippen LogP contribution is 2.33. The monoisotopic (exact) mass is 491 g/mol. The van der Waals surface area contributed by atoms with Gasteiger partial charge in [-0.3, -0.25) is 10.1 Å². The van der Waals surface area contributed by atoms with Gasteiger partial charge in [-0.05, 0) is 37.7 Å². The van der Waals surface area contributed by atoms with Crippen LogP contribution in [0.25, 0.3) is 0 Å². The summed E-state index contributed by atoms with van der Waals surface area (Å²) in [6, 6.07) is 6.08. The van der Waals surface area contributed by atoms with Crippen molar-refractivity contribution in [1.29, 1.82) is 0 Å². The number of nitro groups is 1. The molecule has 1 aliphatic rings. The summed E-state index contributed by atoms with van der Waals surface area (Å²) in [5, 5.41) is 17.3. The van der Waals surface area contributed by atoms with E-state index in [4.69, 9.17) is 0 Å². The van der Waals surface area contributed by atoms with Crippen LogP contribution in [0.4, 0.5) is 30.6 Å². The summed E-state index contributed by atoms with van der Waals surface area (Å²) >= 11 is 0. The highest BCUT2D eigenvalue weighted by Gasteiger charge is 2.32. The molecule has 4 rings (SSSR count). The van der Waals surface area contributed by atoms with Crippen LogP contribution < -0.4 is 15.4 Å². The standard InChI is InChI=1S/C22H24F3N7O3/c23-22(24,25)35-19-4-2-1-3-16(19)12-28-21-29-13-18(32(33)34)20(30-21)27-11-15-5-7-17(8-6-15)31-10-9-26-14-31/h1-4,9-10,13-15,17H,5-8,11-12H2,(H2,27,28,29,30). The van der Waals surface area contributed by atoms with Crippen LogP contribution in [0.2, 0.25) is 0 Å². The highest BCUT2D eigenvalue weighted by atomic mass is 19.4. The first-order valence-corrected chi connectivity index (χ1v) is 11.1. The van der Waals surface area contributed by atoms with Gasteiger partial charge in [-0.15, -0.1) is 13.2 Å². The number of aromatic nitrogens is 4. The molecule has 13 heteroatoms. The highest BCUT2D eigenvalue weighted by molar-refractivity contribution is 5.57. The molecule has 1 saturated carbocycles. The zero-order valence-electron chi connectivity index (χ0n) is 18.6. The lowest BCUT2D eigenvalue weighted by Gasteiger charge is -2.29. The van der Waals surface area contributed by atoms with Crippen LogP contribution in [0.5, 0.6) is 5.75 Å². The van der Waals surface area contributed by atoms with Gasteiger partial charge in [0, 0.05) is 37.1 Å². The fourth-order valence-electron chi connectivity index (χ4n) is 4.15. The number of alkyl halides is 3. The zero-order chi connectivity index (χ0) is 24.8. The Hall–Kier alpha value is -3.90. The summed E-state index contributed by atoms with van der Waals surface area (Å²) in [6.07, 6.45) is 5.66. The molecular weight excluding hydrogens is 467 g/mol. The van der Waals surface area contributed by atoms with Crippen LogP contribution in [0, 0.1) is 16.0 Å². The minimum atomic E-state index is -4.82. The second-order valence-electron chi connectivity index (χ2n) is 8.26. The van der Waals surface area contributed by atoms with Gasteiger partial charge in [0.15, 0.2) is 0 Å². The van der Waals surface area contributed by atoms with Crippen LogP contribution in [0.1, 0.15) is 37.3 Å². The molecule has 186 valence electrons. The van der Waals surface area contributed by atoms with Crippen molar-refractivity contribution < 1.29 is 22.8 Å². The topological polar surface area (TPSA) is 120 Å². The predicted molar refractivity (Wildman–Crippen MR) is 121 cm³/mol. The first kappa shape index (κ1) is 24.2. The van der Waals surface area contributed by atoms with E-state index >= 15 is 0 Å². The molecule has 0 radical (unpaired) electrons. The van der Waals surface area contributed by atoms with E-state index in [0.717, 1.165) is 31.9 Å². The fraction of sp³-hybridized carbons (Fsp3) is 0.409. The molecule has 0 aliphatic heterocycles. The number of hydrogen-bond donors (Lipinski definition) is 2.